The molecule has 0 unspecified atom stereocenters. The van der Waals surface area contributed by atoms with E-state index in [0.29, 0.717) is 17.8 Å². The Bertz CT molecular complexity index is 3830. The number of pyridine rings is 1. The third kappa shape index (κ3) is 7.41. The standard InChI is InChI=1S/C67H67N5.Pt/c1-39(2)51-21-17-22-52(40(3)4)62(51)72-63(69-67(13)57-32-43(7)42(6)30-48(57)38-66(67,72)12)47-33-49(65(9,10)11)36-50(34-47)70-58-26-24-41(5)29-54(58)55-31-44(8)60(37-61(55)70)71-59-27-25-46(45-19-15-14-16-20-45)35-56(59)53-23-18-28-68-64(53)71;/h14-21,23-33,35-36,39-40,52H,22,38H2,1-13H3;/q-2;+2/t52-,66+,67-;/m1./s1. The molecule has 4 heterocycles. The molecule has 0 amide bonds. The number of aryl methyl sites for hydroxylation is 4. The normalized spacial score (nSPS) is 19.8. The van der Waals surface area contributed by atoms with Gasteiger partial charge in [-0.15, -0.1) is 46.3 Å². The summed E-state index contributed by atoms with van der Waals surface area (Å²) in [6.45, 7) is 30.4. The van der Waals surface area contributed by atoms with Crippen molar-refractivity contribution in [1.82, 2.24) is 19.0 Å². The van der Waals surface area contributed by atoms with Crippen LogP contribution in [-0.2, 0) is 38.4 Å². The summed E-state index contributed by atoms with van der Waals surface area (Å²) >= 11 is 0. The fraction of sp³-hybridized carbons (Fsp3) is 0.313. The summed E-state index contributed by atoms with van der Waals surface area (Å²) in [6, 6.07) is 49.0. The Morgan fingerprint density at radius 2 is 1.42 bits per heavy atom. The van der Waals surface area contributed by atoms with Crippen molar-refractivity contribution in [2.45, 2.75) is 119 Å². The van der Waals surface area contributed by atoms with Crippen molar-refractivity contribution in [2.24, 2.45) is 22.7 Å². The monoisotopic (exact) mass is 1140 g/mol. The van der Waals surface area contributed by atoms with Gasteiger partial charge in [-0.1, -0.05) is 145 Å². The van der Waals surface area contributed by atoms with Crippen LogP contribution >= 0.6 is 0 Å². The van der Waals surface area contributed by atoms with Crippen LogP contribution < -0.4 is 0 Å². The minimum absolute atomic E-state index is 0. The second-order valence-corrected chi connectivity index (χ2v) is 23.5. The third-order valence-electron chi connectivity index (χ3n) is 17.1. The van der Waals surface area contributed by atoms with Gasteiger partial charge in [0, 0.05) is 34.1 Å². The van der Waals surface area contributed by atoms with Gasteiger partial charge in [0.2, 0.25) is 0 Å². The predicted molar refractivity (Wildman–Crippen MR) is 302 cm³/mol. The molecule has 3 aromatic heterocycles. The van der Waals surface area contributed by atoms with Crippen LogP contribution in [-0.4, -0.2) is 30.4 Å². The zero-order chi connectivity index (χ0) is 50.3. The first-order valence-corrected chi connectivity index (χ1v) is 26.3. The first kappa shape index (κ1) is 48.9. The fourth-order valence-corrected chi connectivity index (χ4v) is 12.8. The van der Waals surface area contributed by atoms with E-state index in [0.717, 1.165) is 68.8 Å². The Morgan fingerprint density at radius 1 is 0.699 bits per heavy atom. The molecule has 73 heavy (non-hydrogen) atoms. The summed E-state index contributed by atoms with van der Waals surface area (Å²) in [5.74, 6) is 2.14. The van der Waals surface area contributed by atoms with Crippen LogP contribution in [0.5, 0.6) is 0 Å². The molecule has 3 aliphatic rings. The number of nitrogens with zero attached hydrogens (tertiary/aromatic N) is 5. The van der Waals surface area contributed by atoms with E-state index in [2.05, 4.69) is 238 Å². The summed E-state index contributed by atoms with van der Waals surface area (Å²) < 4.78 is 4.77. The number of aliphatic imine (C=N–C) groups is 1. The van der Waals surface area contributed by atoms with Gasteiger partial charge < -0.3 is 19.0 Å². The number of fused-ring (bicyclic) bond motifs is 9. The second kappa shape index (κ2) is 17.4. The molecule has 6 heteroatoms. The largest absolute Gasteiger partial charge is 2.00 e. The van der Waals surface area contributed by atoms with Gasteiger partial charge in [-0.3, -0.25) is 0 Å². The van der Waals surface area contributed by atoms with Crippen molar-refractivity contribution in [3.8, 4) is 22.5 Å². The van der Waals surface area contributed by atoms with Crippen molar-refractivity contribution in [1.29, 1.82) is 0 Å². The van der Waals surface area contributed by atoms with Gasteiger partial charge in [-0.2, -0.15) is 6.07 Å². The zero-order valence-corrected chi connectivity index (χ0v) is 47.1. The van der Waals surface area contributed by atoms with Crippen LogP contribution in [0.25, 0.3) is 66.2 Å². The van der Waals surface area contributed by atoms with E-state index in [4.69, 9.17) is 9.98 Å². The predicted octanol–water partition coefficient (Wildman–Crippen LogP) is 16.5. The summed E-state index contributed by atoms with van der Waals surface area (Å²) in [5, 5.41) is 4.67. The van der Waals surface area contributed by atoms with Crippen LogP contribution in [0.2, 0.25) is 0 Å². The van der Waals surface area contributed by atoms with Crippen LogP contribution in [0, 0.1) is 57.6 Å². The number of amidine groups is 1. The van der Waals surface area contributed by atoms with Gasteiger partial charge in [0.05, 0.1) is 22.4 Å². The topological polar surface area (TPSA) is 38.4 Å². The molecular weight excluding hydrogens is 1070 g/mol. The Kier molecular flexibility index (Phi) is 11.7. The van der Waals surface area contributed by atoms with Crippen LogP contribution in [0.15, 0.2) is 144 Å². The van der Waals surface area contributed by atoms with E-state index >= 15 is 0 Å². The number of hydrogen-bond donors (Lipinski definition) is 0. The van der Waals surface area contributed by atoms with Gasteiger partial charge in [-0.05, 0) is 145 Å². The van der Waals surface area contributed by atoms with Crippen molar-refractivity contribution in [2.75, 3.05) is 0 Å². The molecule has 3 atom stereocenters. The number of rotatable bonds is 7. The Balaban J connectivity index is 0.00000574. The SMILES string of the molecule is Cc1ccc2c(c1)c1cc(C)c(-n3c4ccc(-c5ccccc5)cc4c4cccnc43)[c-]c1n2-c1[c-]c(C2=N[C@]3(C)c4cc(C)c(C)cc4C[C@]3(C)N2C2=C(C(C)C)C=CC[C@@H]2C(C)C)cc(C(C)(C)C)c1.[Pt+2]. The molecule has 12 rings (SSSR count). The van der Waals surface area contributed by atoms with Crippen LogP contribution in [0.4, 0.5) is 0 Å². The third-order valence-corrected chi connectivity index (χ3v) is 17.1. The average Bonchev–Trinajstić information content (AvgIpc) is 3.99. The quantitative estimate of drug-likeness (QED) is 0.149. The van der Waals surface area contributed by atoms with Crippen molar-refractivity contribution in [3.05, 3.63) is 195 Å². The maximum Gasteiger partial charge on any atom is 2.00 e. The first-order valence-electron chi connectivity index (χ1n) is 26.3. The van der Waals surface area contributed by atoms with E-state index in [9.17, 15) is 0 Å². The molecule has 9 aromatic rings. The molecule has 0 fully saturated rings. The molecule has 2 aliphatic carbocycles. The number of aromatic nitrogens is 3. The number of allylic oxidation sites excluding steroid dienone is 4. The second-order valence-electron chi connectivity index (χ2n) is 23.5. The summed E-state index contributed by atoms with van der Waals surface area (Å²) in [7, 11) is 0. The molecule has 0 saturated heterocycles. The van der Waals surface area contributed by atoms with E-state index in [1.165, 1.54) is 71.9 Å². The summed E-state index contributed by atoms with van der Waals surface area (Å²) in [5.41, 5.74) is 20.4. The molecule has 0 spiro atoms. The van der Waals surface area contributed by atoms with Gasteiger partial charge in [0.1, 0.15) is 5.65 Å². The van der Waals surface area contributed by atoms with E-state index in [-0.39, 0.29) is 32.0 Å². The first-order chi connectivity index (χ1) is 34.4. The van der Waals surface area contributed by atoms with E-state index < -0.39 is 5.54 Å². The van der Waals surface area contributed by atoms with Crippen molar-refractivity contribution < 1.29 is 21.1 Å². The molecule has 0 radical (unpaired) electrons. The molecule has 0 N–H and O–H groups in total. The maximum absolute atomic E-state index is 6.13. The summed E-state index contributed by atoms with van der Waals surface area (Å²) in [6.07, 6.45) is 8.69. The van der Waals surface area contributed by atoms with Gasteiger partial charge in [0.15, 0.2) is 0 Å². The Hall–Kier alpha value is -6.29. The Morgan fingerprint density at radius 3 is 2.16 bits per heavy atom. The minimum atomic E-state index is -0.498. The van der Waals surface area contributed by atoms with E-state index in [1.807, 2.05) is 6.20 Å². The molecule has 0 saturated carbocycles. The van der Waals surface area contributed by atoms with Gasteiger partial charge >= 0.3 is 21.1 Å². The molecule has 5 nitrogen and oxygen atoms in total. The van der Waals surface area contributed by atoms with Gasteiger partial charge in [-0.25, -0.2) is 4.98 Å². The molecule has 0 bridgehead atoms. The summed E-state index contributed by atoms with van der Waals surface area (Å²) in [4.78, 5) is 14.0. The average molecular weight is 1140 g/mol. The minimum Gasteiger partial charge on any atom is -0.361 e. The fourth-order valence-electron chi connectivity index (χ4n) is 12.8. The maximum atomic E-state index is 6.13. The molecule has 1 aliphatic heterocycles. The zero-order valence-electron chi connectivity index (χ0n) is 44.8. The number of hydrogen-bond acceptors (Lipinski definition) is 3. The van der Waals surface area contributed by atoms with Crippen LogP contribution in [0.1, 0.15) is 113 Å². The molecule has 370 valence electrons. The number of benzene rings is 6. The van der Waals surface area contributed by atoms with Crippen LogP contribution in [0.3, 0.4) is 0 Å². The van der Waals surface area contributed by atoms with E-state index in [1.54, 1.807) is 0 Å². The molecular formula is C67H67N5Pt. The molecule has 6 aromatic carbocycles. The van der Waals surface area contributed by atoms with Crippen molar-refractivity contribution >= 4 is 49.6 Å². The Labute approximate surface area is 447 Å². The van der Waals surface area contributed by atoms with Crippen molar-refractivity contribution in [3.63, 3.8) is 0 Å². The van der Waals surface area contributed by atoms with Gasteiger partial charge in [0.25, 0.3) is 0 Å². The smallest absolute Gasteiger partial charge is 0.361 e.